The highest BCUT2D eigenvalue weighted by Crippen LogP contribution is 2.28. The minimum absolute atomic E-state index is 0.130. The summed E-state index contributed by atoms with van der Waals surface area (Å²) in [7, 11) is 3.17. The Kier molecular flexibility index (Phi) is 5.85. The summed E-state index contributed by atoms with van der Waals surface area (Å²) in [4.78, 5) is 12.2. The highest BCUT2D eigenvalue weighted by atomic mass is 79.9. The summed E-state index contributed by atoms with van der Waals surface area (Å²) in [6, 6.07) is 11.0. The van der Waals surface area contributed by atoms with Crippen LogP contribution in [0.2, 0.25) is 0 Å². The van der Waals surface area contributed by atoms with Crippen molar-refractivity contribution in [3.05, 3.63) is 50.9 Å². The van der Waals surface area contributed by atoms with Crippen LogP contribution in [-0.4, -0.2) is 20.1 Å². The number of halogens is 2. The molecule has 0 saturated heterocycles. The van der Waals surface area contributed by atoms with Crippen molar-refractivity contribution in [2.75, 3.05) is 19.5 Å². The lowest BCUT2D eigenvalue weighted by Gasteiger charge is -2.11. The second kappa shape index (κ2) is 7.65. The molecule has 4 nitrogen and oxygen atoms in total. The molecule has 6 heteroatoms. The van der Waals surface area contributed by atoms with Gasteiger partial charge in [0.25, 0.3) is 0 Å². The Bertz CT molecular complexity index is 689. The first-order valence-corrected chi connectivity index (χ1v) is 8.08. The van der Waals surface area contributed by atoms with Crippen LogP contribution in [0.4, 0.5) is 5.69 Å². The molecule has 1 amide bonds. The lowest BCUT2D eigenvalue weighted by Crippen LogP contribution is -2.15. The van der Waals surface area contributed by atoms with Gasteiger partial charge in [-0.2, -0.15) is 0 Å². The molecule has 22 heavy (non-hydrogen) atoms. The Morgan fingerprint density at radius 1 is 1.09 bits per heavy atom. The molecular formula is C16H15Br2NO3. The SMILES string of the molecule is COc1ccc(OC)c(CC(=O)Nc2ccc(Br)cc2Br)c1. The molecule has 0 aliphatic heterocycles. The number of hydrogen-bond donors (Lipinski definition) is 1. The summed E-state index contributed by atoms with van der Waals surface area (Å²) in [5.74, 6) is 1.22. The van der Waals surface area contributed by atoms with Crippen molar-refractivity contribution in [2.24, 2.45) is 0 Å². The number of rotatable bonds is 5. The minimum atomic E-state index is -0.130. The van der Waals surface area contributed by atoms with Crippen LogP contribution in [0.1, 0.15) is 5.56 Å². The quantitative estimate of drug-likeness (QED) is 0.767. The van der Waals surface area contributed by atoms with E-state index in [2.05, 4.69) is 37.2 Å². The van der Waals surface area contributed by atoms with Crippen LogP contribution in [0.25, 0.3) is 0 Å². The van der Waals surface area contributed by atoms with E-state index >= 15 is 0 Å². The number of amides is 1. The van der Waals surface area contributed by atoms with Crippen molar-refractivity contribution in [1.29, 1.82) is 0 Å². The van der Waals surface area contributed by atoms with Gasteiger partial charge in [-0.3, -0.25) is 4.79 Å². The maximum absolute atomic E-state index is 12.2. The molecule has 1 N–H and O–H groups in total. The molecule has 116 valence electrons. The minimum Gasteiger partial charge on any atom is -0.497 e. The highest BCUT2D eigenvalue weighted by Gasteiger charge is 2.12. The van der Waals surface area contributed by atoms with E-state index in [0.717, 1.165) is 20.2 Å². The monoisotopic (exact) mass is 427 g/mol. The van der Waals surface area contributed by atoms with Gasteiger partial charge in [0.1, 0.15) is 11.5 Å². The van der Waals surface area contributed by atoms with E-state index in [9.17, 15) is 4.79 Å². The van der Waals surface area contributed by atoms with Gasteiger partial charge >= 0.3 is 0 Å². The van der Waals surface area contributed by atoms with Gasteiger partial charge < -0.3 is 14.8 Å². The number of anilines is 1. The lowest BCUT2D eigenvalue weighted by atomic mass is 10.1. The first-order chi connectivity index (χ1) is 10.5. The van der Waals surface area contributed by atoms with Crippen LogP contribution >= 0.6 is 31.9 Å². The number of nitrogens with one attached hydrogen (secondary N) is 1. The van der Waals surface area contributed by atoms with Crippen molar-refractivity contribution < 1.29 is 14.3 Å². The Balaban J connectivity index is 2.14. The van der Waals surface area contributed by atoms with Crippen molar-refractivity contribution in [3.8, 4) is 11.5 Å². The number of carbonyl (C=O) groups excluding carboxylic acids is 1. The first kappa shape index (κ1) is 16.8. The van der Waals surface area contributed by atoms with Gasteiger partial charge in [0, 0.05) is 14.5 Å². The third-order valence-corrected chi connectivity index (χ3v) is 4.19. The molecule has 0 bridgehead atoms. The van der Waals surface area contributed by atoms with E-state index in [4.69, 9.17) is 9.47 Å². The molecule has 0 heterocycles. The maximum atomic E-state index is 12.2. The van der Waals surface area contributed by atoms with E-state index < -0.39 is 0 Å². The zero-order valence-electron chi connectivity index (χ0n) is 12.2. The van der Waals surface area contributed by atoms with Crippen LogP contribution in [-0.2, 0) is 11.2 Å². The van der Waals surface area contributed by atoms with Crippen LogP contribution in [0.3, 0.4) is 0 Å². The molecule has 2 aromatic carbocycles. The Labute approximate surface area is 146 Å². The van der Waals surface area contributed by atoms with Crippen molar-refractivity contribution in [1.82, 2.24) is 0 Å². The fourth-order valence-corrected chi connectivity index (χ4v) is 3.12. The molecule has 2 rings (SSSR count). The molecule has 2 aromatic rings. The molecule has 0 aromatic heterocycles. The second-order valence-electron chi connectivity index (χ2n) is 4.53. The summed E-state index contributed by atoms with van der Waals surface area (Å²) in [5, 5.41) is 2.87. The van der Waals surface area contributed by atoms with E-state index in [-0.39, 0.29) is 12.3 Å². The van der Waals surface area contributed by atoms with Gasteiger partial charge in [0.2, 0.25) is 5.91 Å². The normalized spacial score (nSPS) is 10.2. The van der Waals surface area contributed by atoms with Gasteiger partial charge in [-0.05, 0) is 52.3 Å². The van der Waals surface area contributed by atoms with Crippen LogP contribution < -0.4 is 14.8 Å². The van der Waals surface area contributed by atoms with Crippen molar-refractivity contribution in [2.45, 2.75) is 6.42 Å². The van der Waals surface area contributed by atoms with Gasteiger partial charge in [0.15, 0.2) is 0 Å². The average Bonchev–Trinajstić information content (AvgIpc) is 2.50. The fraction of sp³-hybridized carbons (Fsp3) is 0.188. The molecule has 0 atom stereocenters. The van der Waals surface area contributed by atoms with Gasteiger partial charge in [-0.25, -0.2) is 0 Å². The van der Waals surface area contributed by atoms with E-state index in [1.54, 1.807) is 32.4 Å². The molecular weight excluding hydrogens is 414 g/mol. The highest BCUT2D eigenvalue weighted by molar-refractivity contribution is 9.11. The third-order valence-electron chi connectivity index (χ3n) is 3.04. The number of carbonyl (C=O) groups is 1. The predicted molar refractivity (Wildman–Crippen MR) is 93.7 cm³/mol. The number of benzene rings is 2. The lowest BCUT2D eigenvalue weighted by molar-refractivity contribution is -0.115. The summed E-state index contributed by atoms with van der Waals surface area (Å²) in [5.41, 5.74) is 1.49. The number of methoxy groups -OCH3 is 2. The van der Waals surface area contributed by atoms with Crippen LogP contribution in [0.5, 0.6) is 11.5 Å². The molecule has 0 unspecified atom stereocenters. The number of hydrogen-bond acceptors (Lipinski definition) is 3. The maximum Gasteiger partial charge on any atom is 0.228 e. The predicted octanol–water partition coefficient (Wildman–Crippen LogP) is 4.41. The average molecular weight is 429 g/mol. The van der Waals surface area contributed by atoms with Crippen molar-refractivity contribution in [3.63, 3.8) is 0 Å². The first-order valence-electron chi connectivity index (χ1n) is 6.49. The molecule has 0 aliphatic rings. The second-order valence-corrected chi connectivity index (χ2v) is 6.30. The van der Waals surface area contributed by atoms with E-state index in [0.29, 0.717) is 11.5 Å². The molecule has 0 spiro atoms. The van der Waals surface area contributed by atoms with E-state index in [1.807, 2.05) is 18.2 Å². The summed E-state index contributed by atoms with van der Waals surface area (Å²) in [6.45, 7) is 0. The molecule has 0 aliphatic carbocycles. The summed E-state index contributed by atoms with van der Waals surface area (Å²) in [6.07, 6.45) is 0.197. The molecule has 0 fully saturated rings. The van der Waals surface area contributed by atoms with Crippen LogP contribution in [0, 0.1) is 0 Å². The van der Waals surface area contributed by atoms with Gasteiger partial charge in [0.05, 0.1) is 26.3 Å². The Morgan fingerprint density at radius 3 is 2.50 bits per heavy atom. The zero-order valence-corrected chi connectivity index (χ0v) is 15.3. The Morgan fingerprint density at radius 2 is 1.86 bits per heavy atom. The molecule has 0 saturated carbocycles. The third kappa shape index (κ3) is 4.24. The topological polar surface area (TPSA) is 47.6 Å². The Hall–Kier alpha value is -1.53. The van der Waals surface area contributed by atoms with Gasteiger partial charge in [-0.15, -0.1) is 0 Å². The smallest absolute Gasteiger partial charge is 0.228 e. The standard InChI is InChI=1S/C16H15Br2NO3/c1-21-12-4-6-15(22-2)10(7-12)8-16(20)19-14-5-3-11(17)9-13(14)18/h3-7,9H,8H2,1-2H3,(H,19,20). The molecule has 0 radical (unpaired) electrons. The number of ether oxygens (including phenoxy) is 2. The van der Waals surface area contributed by atoms with Crippen molar-refractivity contribution >= 4 is 43.5 Å². The fourth-order valence-electron chi connectivity index (χ4n) is 1.98. The summed E-state index contributed by atoms with van der Waals surface area (Å²) >= 11 is 6.80. The largest absolute Gasteiger partial charge is 0.497 e. The van der Waals surface area contributed by atoms with E-state index in [1.165, 1.54) is 0 Å². The van der Waals surface area contributed by atoms with Gasteiger partial charge in [-0.1, -0.05) is 15.9 Å². The zero-order chi connectivity index (χ0) is 16.1. The van der Waals surface area contributed by atoms with Crippen LogP contribution in [0.15, 0.2) is 45.3 Å². The summed E-state index contributed by atoms with van der Waals surface area (Å²) < 4.78 is 12.2.